The van der Waals surface area contributed by atoms with Crippen molar-refractivity contribution in [2.45, 2.75) is 6.92 Å². The monoisotopic (exact) mass is 231 g/mol. The zero-order valence-electron chi connectivity index (χ0n) is 8.34. The Morgan fingerprint density at radius 2 is 2.20 bits per heavy atom. The summed E-state index contributed by atoms with van der Waals surface area (Å²) < 4.78 is 13.2. The molecule has 0 spiro atoms. The van der Waals surface area contributed by atoms with Crippen LogP contribution in [0.25, 0.3) is 0 Å². The maximum atomic E-state index is 13.2. The van der Waals surface area contributed by atoms with Crippen molar-refractivity contribution in [1.29, 1.82) is 0 Å². The molecule has 0 unspecified atom stereocenters. The minimum atomic E-state index is -0.569. The number of aryl methyl sites for hydroxylation is 1. The molecule has 82 valence electrons. The maximum absolute atomic E-state index is 13.2. The van der Waals surface area contributed by atoms with E-state index in [2.05, 4.69) is 0 Å². The van der Waals surface area contributed by atoms with Crippen LogP contribution in [-0.2, 0) is 0 Å². The number of hydrazine groups is 1. The predicted molar refractivity (Wildman–Crippen MR) is 57.3 cm³/mol. The van der Waals surface area contributed by atoms with Gasteiger partial charge in [-0.2, -0.15) is 0 Å². The second-order valence-electron chi connectivity index (χ2n) is 3.06. The van der Waals surface area contributed by atoms with E-state index in [1.54, 1.807) is 6.92 Å². The van der Waals surface area contributed by atoms with Gasteiger partial charge in [0.15, 0.2) is 0 Å². The van der Waals surface area contributed by atoms with Gasteiger partial charge in [0.05, 0.1) is 10.7 Å². The molecule has 0 aliphatic rings. The second-order valence-corrected chi connectivity index (χ2v) is 3.47. The van der Waals surface area contributed by atoms with Crippen LogP contribution in [0.4, 0.5) is 14.9 Å². The number of hydrogen-bond acceptors (Lipinski definition) is 2. The van der Waals surface area contributed by atoms with Crippen molar-refractivity contribution < 1.29 is 9.18 Å². The number of urea groups is 1. The summed E-state index contributed by atoms with van der Waals surface area (Å²) in [6, 6.07) is 2.07. The van der Waals surface area contributed by atoms with Crippen LogP contribution in [0, 0.1) is 12.7 Å². The summed E-state index contributed by atoms with van der Waals surface area (Å²) in [7, 11) is 1.44. The first-order valence-electron chi connectivity index (χ1n) is 4.17. The van der Waals surface area contributed by atoms with Crippen molar-refractivity contribution in [2.24, 2.45) is 5.84 Å². The maximum Gasteiger partial charge on any atom is 0.335 e. The van der Waals surface area contributed by atoms with Gasteiger partial charge >= 0.3 is 6.03 Å². The smallest absolute Gasteiger partial charge is 0.295 e. The minimum absolute atomic E-state index is 0.266. The van der Waals surface area contributed by atoms with Crippen LogP contribution in [0.3, 0.4) is 0 Å². The van der Waals surface area contributed by atoms with E-state index in [-0.39, 0.29) is 5.69 Å². The lowest BCUT2D eigenvalue weighted by Crippen LogP contribution is -2.41. The van der Waals surface area contributed by atoms with Gasteiger partial charge in [-0.1, -0.05) is 11.6 Å². The molecular formula is C9H11ClFN3O. The number of rotatable bonds is 1. The highest BCUT2D eigenvalue weighted by molar-refractivity contribution is 6.33. The fourth-order valence-electron chi connectivity index (χ4n) is 1.10. The molecule has 1 aromatic carbocycles. The van der Waals surface area contributed by atoms with Gasteiger partial charge in [0.2, 0.25) is 0 Å². The van der Waals surface area contributed by atoms with Crippen molar-refractivity contribution in [1.82, 2.24) is 5.43 Å². The number of halogens is 2. The molecule has 0 saturated carbocycles. The predicted octanol–water partition coefficient (Wildman–Crippen LogP) is 1.81. The number of hydrogen-bond donors (Lipinski definition) is 2. The highest BCUT2D eigenvalue weighted by Crippen LogP contribution is 2.27. The quantitative estimate of drug-likeness (QED) is 0.440. The van der Waals surface area contributed by atoms with Crippen LogP contribution in [-0.4, -0.2) is 13.1 Å². The van der Waals surface area contributed by atoms with Crippen molar-refractivity contribution in [2.75, 3.05) is 11.9 Å². The van der Waals surface area contributed by atoms with Gasteiger partial charge in [0.25, 0.3) is 0 Å². The molecule has 0 aliphatic heterocycles. The molecule has 4 nitrogen and oxygen atoms in total. The third kappa shape index (κ3) is 2.37. The third-order valence-electron chi connectivity index (χ3n) is 2.02. The summed E-state index contributed by atoms with van der Waals surface area (Å²) in [5.41, 5.74) is 2.62. The number of nitrogens with zero attached hydrogens (tertiary/aromatic N) is 1. The van der Waals surface area contributed by atoms with Crippen molar-refractivity contribution in [3.63, 3.8) is 0 Å². The summed E-state index contributed by atoms with van der Waals surface area (Å²) in [6.45, 7) is 1.59. The molecule has 0 aliphatic carbocycles. The van der Waals surface area contributed by atoms with Crippen LogP contribution in [0.2, 0.25) is 5.02 Å². The van der Waals surface area contributed by atoms with Gasteiger partial charge in [-0.05, 0) is 24.6 Å². The molecule has 15 heavy (non-hydrogen) atoms. The van der Waals surface area contributed by atoms with Crippen molar-refractivity contribution >= 4 is 23.3 Å². The van der Waals surface area contributed by atoms with E-state index in [1.165, 1.54) is 19.2 Å². The molecule has 6 heteroatoms. The Kier molecular flexibility index (Phi) is 3.49. The van der Waals surface area contributed by atoms with Crippen molar-refractivity contribution in [3.05, 3.63) is 28.5 Å². The normalized spacial score (nSPS) is 9.93. The fraction of sp³-hybridized carbons (Fsp3) is 0.222. The summed E-state index contributed by atoms with van der Waals surface area (Å²) in [5.74, 6) is 4.53. The van der Waals surface area contributed by atoms with E-state index in [0.717, 1.165) is 4.90 Å². The molecule has 0 bridgehead atoms. The van der Waals surface area contributed by atoms with E-state index < -0.39 is 11.8 Å². The topological polar surface area (TPSA) is 58.4 Å². The van der Waals surface area contributed by atoms with E-state index in [0.29, 0.717) is 10.6 Å². The van der Waals surface area contributed by atoms with E-state index in [4.69, 9.17) is 17.4 Å². The van der Waals surface area contributed by atoms with Crippen LogP contribution in [0.15, 0.2) is 12.1 Å². The number of amides is 2. The lowest BCUT2D eigenvalue weighted by atomic mass is 10.2. The first-order chi connectivity index (χ1) is 6.97. The van der Waals surface area contributed by atoms with Gasteiger partial charge in [-0.15, -0.1) is 0 Å². The van der Waals surface area contributed by atoms with Gasteiger partial charge in [0.1, 0.15) is 5.82 Å². The lowest BCUT2D eigenvalue weighted by molar-refractivity contribution is 0.247. The Balaban J connectivity index is 3.14. The highest BCUT2D eigenvalue weighted by atomic mass is 35.5. The number of nitrogens with one attached hydrogen (secondary N) is 1. The van der Waals surface area contributed by atoms with Crippen LogP contribution in [0.5, 0.6) is 0 Å². The Labute approximate surface area is 91.8 Å². The summed E-state index contributed by atoms with van der Waals surface area (Å²) in [6.07, 6.45) is 0. The zero-order chi connectivity index (χ0) is 11.6. The number of benzene rings is 1. The average Bonchev–Trinajstić information content (AvgIpc) is 2.21. The molecular weight excluding hydrogens is 221 g/mol. The number of carbonyl (C=O) groups is 1. The van der Waals surface area contributed by atoms with E-state index >= 15 is 0 Å². The first-order valence-corrected chi connectivity index (χ1v) is 4.55. The Morgan fingerprint density at radius 3 is 2.73 bits per heavy atom. The standard InChI is InChI=1S/C9H11ClFN3O/c1-5-3-6(10)8(4-7(5)11)14(2)9(15)13-12/h3-4H,12H2,1-2H3,(H,13,15). The van der Waals surface area contributed by atoms with E-state index in [9.17, 15) is 9.18 Å². The Bertz CT molecular complexity index is 397. The molecule has 1 rings (SSSR count). The molecule has 3 N–H and O–H groups in total. The molecule has 1 aromatic rings. The Hall–Kier alpha value is -1.33. The molecule has 0 fully saturated rings. The van der Waals surface area contributed by atoms with Gasteiger partial charge in [-0.3, -0.25) is 10.3 Å². The molecule has 0 heterocycles. The van der Waals surface area contributed by atoms with Crippen molar-refractivity contribution in [3.8, 4) is 0 Å². The zero-order valence-corrected chi connectivity index (χ0v) is 9.10. The summed E-state index contributed by atoms with van der Waals surface area (Å²) in [5, 5.41) is 0.292. The largest absolute Gasteiger partial charge is 0.335 e. The van der Waals surface area contributed by atoms with E-state index in [1.807, 2.05) is 5.43 Å². The van der Waals surface area contributed by atoms with Crippen LogP contribution < -0.4 is 16.2 Å². The minimum Gasteiger partial charge on any atom is -0.295 e. The SMILES string of the molecule is Cc1cc(Cl)c(N(C)C(=O)NN)cc1F. The van der Waals surface area contributed by atoms with Crippen LogP contribution >= 0.6 is 11.6 Å². The fourth-order valence-corrected chi connectivity index (χ4v) is 1.44. The van der Waals surface area contributed by atoms with Gasteiger partial charge in [0, 0.05) is 7.05 Å². The summed E-state index contributed by atoms with van der Waals surface area (Å²) in [4.78, 5) is 12.3. The molecule has 0 atom stereocenters. The highest BCUT2D eigenvalue weighted by Gasteiger charge is 2.14. The van der Waals surface area contributed by atoms with Gasteiger partial charge < -0.3 is 0 Å². The number of carbonyl (C=O) groups excluding carboxylic acids is 1. The second kappa shape index (κ2) is 4.46. The molecule has 0 aromatic heterocycles. The van der Waals surface area contributed by atoms with Gasteiger partial charge in [-0.25, -0.2) is 15.0 Å². The van der Waals surface area contributed by atoms with Crippen LogP contribution in [0.1, 0.15) is 5.56 Å². The summed E-state index contributed by atoms with van der Waals surface area (Å²) >= 11 is 5.87. The molecule has 0 radical (unpaired) electrons. The lowest BCUT2D eigenvalue weighted by Gasteiger charge is -2.18. The average molecular weight is 232 g/mol. The molecule has 2 amide bonds. The number of anilines is 1. The Morgan fingerprint density at radius 1 is 1.60 bits per heavy atom. The molecule has 0 saturated heterocycles. The number of nitrogens with two attached hydrogens (primary N) is 1. The third-order valence-corrected chi connectivity index (χ3v) is 2.32. The first kappa shape index (κ1) is 11.7.